The molecule has 0 N–H and O–H groups in total. The van der Waals surface area contributed by atoms with E-state index < -0.39 is 5.60 Å². The first-order valence-electron chi connectivity index (χ1n) is 10.1. The first kappa shape index (κ1) is 20.0. The molecule has 1 amide bonds. The molecular weight excluding hydrogens is 380 g/mol. The molecule has 0 spiro atoms. The molecule has 30 heavy (non-hydrogen) atoms. The van der Waals surface area contributed by atoms with Gasteiger partial charge in [-0.05, 0) is 45.9 Å². The third-order valence-electron chi connectivity index (χ3n) is 4.95. The summed E-state index contributed by atoms with van der Waals surface area (Å²) in [7, 11) is 0. The standard InChI is InChI=1S/C22H26N6O2/c1-15-18-17(7-10-24-15)20(26-19(25-18)16-5-8-23-9-6-16)27-11-13-28(14-12-27)21(29)30-22(2,3)4/h5-10H,11-14H2,1-4H3. The summed E-state index contributed by atoms with van der Waals surface area (Å²) >= 11 is 0. The van der Waals surface area contributed by atoms with Crippen LogP contribution in [0.3, 0.4) is 0 Å². The van der Waals surface area contributed by atoms with Crippen LogP contribution in [0.25, 0.3) is 22.3 Å². The first-order valence-corrected chi connectivity index (χ1v) is 10.1. The Bertz CT molecular complexity index is 1060. The van der Waals surface area contributed by atoms with E-state index in [4.69, 9.17) is 14.7 Å². The van der Waals surface area contributed by atoms with E-state index >= 15 is 0 Å². The monoisotopic (exact) mass is 406 g/mol. The summed E-state index contributed by atoms with van der Waals surface area (Å²) in [6.07, 6.45) is 4.98. The van der Waals surface area contributed by atoms with Crippen molar-refractivity contribution in [2.45, 2.75) is 33.3 Å². The van der Waals surface area contributed by atoms with Crippen molar-refractivity contribution in [3.63, 3.8) is 0 Å². The molecule has 0 radical (unpaired) electrons. The summed E-state index contributed by atoms with van der Waals surface area (Å²) in [5, 5.41) is 0.964. The van der Waals surface area contributed by atoms with Gasteiger partial charge in [0.15, 0.2) is 5.82 Å². The highest BCUT2D eigenvalue weighted by atomic mass is 16.6. The quantitative estimate of drug-likeness (QED) is 0.644. The molecule has 8 nitrogen and oxygen atoms in total. The van der Waals surface area contributed by atoms with Crippen LogP contribution < -0.4 is 4.90 Å². The Hall–Kier alpha value is -3.29. The van der Waals surface area contributed by atoms with Gasteiger partial charge in [0.2, 0.25) is 0 Å². The van der Waals surface area contributed by atoms with E-state index in [2.05, 4.69) is 14.9 Å². The second-order valence-corrected chi connectivity index (χ2v) is 8.35. The number of aryl methyl sites for hydroxylation is 1. The van der Waals surface area contributed by atoms with Crippen LogP contribution in [-0.4, -0.2) is 62.7 Å². The fourth-order valence-corrected chi connectivity index (χ4v) is 3.47. The summed E-state index contributed by atoms with van der Waals surface area (Å²) in [6, 6.07) is 5.75. The van der Waals surface area contributed by atoms with Crippen molar-refractivity contribution in [1.82, 2.24) is 24.8 Å². The van der Waals surface area contributed by atoms with Gasteiger partial charge in [0.1, 0.15) is 11.4 Å². The number of nitrogens with zero attached hydrogens (tertiary/aromatic N) is 6. The maximum atomic E-state index is 12.4. The van der Waals surface area contributed by atoms with E-state index in [9.17, 15) is 4.79 Å². The van der Waals surface area contributed by atoms with Gasteiger partial charge >= 0.3 is 6.09 Å². The predicted molar refractivity (Wildman–Crippen MR) is 115 cm³/mol. The molecule has 156 valence electrons. The van der Waals surface area contributed by atoms with Gasteiger partial charge in [-0.15, -0.1) is 0 Å². The van der Waals surface area contributed by atoms with E-state index in [1.165, 1.54) is 0 Å². The molecule has 0 bridgehead atoms. The molecular formula is C22H26N6O2. The van der Waals surface area contributed by atoms with Crippen LogP contribution in [0.2, 0.25) is 0 Å². The van der Waals surface area contributed by atoms with Crippen molar-refractivity contribution in [3.05, 3.63) is 42.5 Å². The second kappa shape index (κ2) is 7.85. The van der Waals surface area contributed by atoms with Gasteiger partial charge in [-0.3, -0.25) is 9.97 Å². The molecule has 1 fully saturated rings. The second-order valence-electron chi connectivity index (χ2n) is 8.35. The van der Waals surface area contributed by atoms with Crippen LogP contribution in [-0.2, 0) is 4.74 Å². The van der Waals surface area contributed by atoms with E-state index in [0.717, 1.165) is 28.0 Å². The topological polar surface area (TPSA) is 84.3 Å². The minimum atomic E-state index is -0.499. The van der Waals surface area contributed by atoms with Crippen molar-refractivity contribution in [3.8, 4) is 11.4 Å². The molecule has 3 aromatic rings. The number of carbonyl (C=O) groups is 1. The lowest BCUT2D eigenvalue weighted by atomic mass is 10.2. The molecule has 4 rings (SSSR count). The molecule has 0 aromatic carbocycles. The highest BCUT2D eigenvalue weighted by Crippen LogP contribution is 2.29. The predicted octanol–water partition coefficient (Wildman–Crippen LogP) is 3.45. The average Bonchev–Trinajstić information content (AvgIpc) is 2.73. The number of hydrogen-bond donors (Lipinski definition) is 0. The fourth-order valence-electron chi connectivity index (χ4n) is 3.47. The lowest BCUT2D eigenvalue weighted by Crippen LogP contribution is -2.50. The van der Waals surface area contributed by atoms with Crippen LogP contribution in [0.1, 0.15) is 26.5 Å². The minimum Gasteiger partial charge on any atom is -0.444 e. The van der Waals surface area contributed by atoms with Crippen molar-refractivity contribution in [2.75, 3.05) is 31.1 Å². The summed E-state index contributed by atoms with van der Waals surface area (Å²) in [5.41, 5.74) is 2.10. The van der Waals surface area contributed by atoms with Crippen molar-refractivity contribution in [2.24, 2.45) is 0 Å². The first-order chi connectivity index (χ1) is 14.3. The van der Waals surface area contributed by atoms with Gasteiger partial charge in [0.05, 0.1) is 11.2 Å². The van der Waals surface area contributed by atoms with Gasteiger partial charge in [0, 0.05) is 55.7 Å². The van der Waals surface area contributed by atoms with Crippen molar-refractivity contribution < 1.29 is 9.53 Å². The van der Waals surface area contributed by atoms with Crippen LogP contribution in [0.15, 0.2) is 36.8 Å². The summed E-state index contributed by atoms with van der Waals surface area (Å²) in [5.74, 6) is 1.51. The minimum absolute atomic E-state index is 0.271. The summed E-state index contributed by atoms with van der Waals surface area (Å²) in [4.78, 5) is 34.5. The van der Waals surface area contributed by atoms with Crippen LogP contribution in [0, 0.1) is 6.92 Å². The van der Waals surface area contributed by atoms with Crippen LogP contribution in [0.4, 0.5) is 10.6 Å². The highest BCUT2D eigenvalue weighted by Gasteiger charge is 2.27. The molecule has 0 saturated carbocycles. The van der Waals surface area contributed by atoms with E-state index in [1.807, 2.05) is 45.9 Å². The van der Waals surface area contributed by atoms with Gasteiger partial charge in [-0.2, -0.15) is 0 Å². The molecule has 0 atom stereocenters. The lowest BCUT2D eigenvalue weighted by molar-refractivity contribution is 0.0240. The number of carbonyl (C=O) groups excluding carboxylic acids is 1. The van der Waals surface area contributed by atoms with E-state index in [0.29, 0.717) is 32.0 Å². The van der Waals surface area contributed by atoms with Crippen molar-refractivity contribution in [1.29, 1.82) is 0 Å². The Morgan fingerprint density at radius 3 is 2.37 bits per heavy atom. The molecule has 4 heterocycles. The lowest BCUT2D eigenvalue weighted by Gasteiger charge is -2.36. The molecule has 8 heteroatoms. The highest BCUT2D eigenvalue weighted by molar-refractivity contribution is 5.92. The van der Waals surface area contributed by atoms with E-state index in [-0.39, 0.29) is 6.09 Å². The molecule has 1 aliphatic rings. The Balaban J connectivity index is 1.64. The zero-order valence-electron chi connectivity index (χ0n) is 17.8. The third kappa shape index (κ3) is 4.17. The average molecular weight is 406 g/mol. The largest absolute Gasteiger partial charge is 0.444 e. The number of rotatable bonds is 2. The number of aromatic nitrogens is 4. The van der Waals surface area contributed by atoms with Crippen LogP contribution >= 0.6 is 0 Å². The van der Waals surface area contributed by atoms with Gasteiger partial charge in [-0.25, -0.2) is 14.8 Å². The Kier molecular flexibility index (Phi) is 5.24. The van der Waals surface area contributed by atoms with Gasteiger partial charge in [0.25, 0.3) is 0 Å². The molecule has 1 saturated heterocycles. The molecule has 1 aliphatic heterocycles. The number of amides is 1. The van der Waals surface area contributed by atoms with Gasteiger partial charge in [-0.1, -0.05) is 0 Å². The Morgan fingerprint density at radius 1 is 1.00 bits per heavy atom. The third-order valence-corrected chi connectivity index (χ3v) is 4.95. The molecule has 0 aliphatic carbocycles. The number of piperazine rings is 1. The number of fused-ring (bicyclic) bond motifs is 1. The van der Waals surface area contributed by atoms with Crippen LogP contribution in [0.5, 0.6) is 0 Å². The maximum absolute atomic E-state index is 12.4. The summed E-state index contributed by atoms with van der Waals surface area (Å²) < 4.78 is 5.51. The molecule has 0 unspecified atom stereocenters. The zero-order chi connectivity index (χ0) is 21.3. The SMILES string of the molecule is Cc1nccc2c(N3CCN(C(=O)OC(C)(C)C)CC3)nc(-c3ccncc3)nc12. The Morgan fingerprint density at radius 2 is 1.70 bits per heavy atom. The molecule has 3 aromatic heterocycles. The van der Waals surface area contributed by atoms with Crippen molar-refractivity contribution >= 4 is 22.8 Å². The number of hydrogen-bond acceptors (Lipinski definition) is 7. The number of ether oxygens (including phenoxy) is 1. The summed E-state index contributed by atoms with van der Waals surface area (Å²) in [6.45, 7) is 10.1. The number of pyridine rings is 2. The Labute approximate surface area is 175 Å². The fraction of sp³-hybridized carbons (Fsp3) is 0.409. The zero-order valence-corrected chi connectivity index (χ0v) is 17.8. The van der Waals surface area contributed by atoms with E-state index in [1.54, 1.807) is 23.5 Å². The van der Waals surface area contributed by atoms with Gasteiger partial charge < -0.3 is 14.5 Å². The number of anilines is 1. The normalized spacial score (nSPS) is 14.8. The smallest absolute Gasteiger partial charge is 0.410 e. The maximum Gasteiger partial charge on any atom is 0.410 e.